The molecule has 0 spiro atoms. The summed E-state index contributed by atoms with van der Waals surface area (Å²) in [4.78, 5) is 0. The van der Waals surface area contributed by atoms with Crippen molar-refractivity contribution < 1.29 is 4.74 Å². The van der Waals surface area contributed by atoms with Gasteiger partial charge in [0.05, 0.1) is 7.11 Å². The first-order chi connectivity index (χ1) is 9.36. The van der Waals surface area contributed by atoms with Crippen LogP contribution >= 0.6 is 0 Å². The Labute approximate surface area is 114 Å². The normalized spacial score (nSPS) is 14.4. The molecule has 1 N–H and O–H groups in total. The fourth-order valence-electron chi connectivity index (χ4n) is 2.81. The highest BCUT2D eigenvalue weighted by atomic mass is 16.5. The minimum absolute atomic E-state index is 0.544. The Kier molecular flexibility index (Phi) is 3.51. The summed E-state index contributed by atoms with van der Waals surface area (Å²) in [5.74, 6) is 0.963. The Morgan fingerprint density at radius 1 is 1.00 bits per heavy atom. The van der Waals surface area contributed by atoms with E-state index >= 15 is 0 Å². The molecule has 0 amide bonds. The average Bonchev–Trinajstić information content (AvgIpc) is 2.88. The van der Waals surface area contributed by atoms with Crippen molar-refractivity contribution in [3.05, 3.63) is 65.2 Å². The summed E-state index contributed by atoms with van der Waals surface area (Å²) < 4.78 is 5.38. The maximum absolute atomic E-state index is 5.38. The lowest BCUT2D eigenvalue weighted by Crippen LogP contribution is -2.29. The monoisotopic (exact) mass is 253 g/mol. The average molecular weight is 253 g/mol. The van der Waals surface area contributed by atoms with Crippen LogP contribution in [0, 0.1) is 0 Å². The fourth-order valence-corrected chi connectivity index (χ4v) is 2.81. The van der Waals surface area contributed by atoms with Gasteiger partial charge in [0.15, 0.2) is 0 Å². The van der Waals surface area contributed by atoms with Gasteiger partial charge >= 0.3 is 0 Å². The van der Waals surface area contributed by atoms with E-state index in [1.807, 2.05) is 12.1 Å². The third-order valence-corrected chi connectivity index (χ3v) is 3.82. The van der Waals surface area contributed by atoms with Crippen molar-refractivity contribution in [2.45, 2.75) is 25.4 Å². The van der Waals surface area contributed by atoms with Gasteiger partial charge in [0.1, 0.15) is 5.75 Å². The first-order valence-electron chi connectivity index (χ1n) is 6.79. The molecule has 0 fully saturated rings. The van der Waals surface area contributed by atoms with Crippen molar-refractivity contribution in [3.63, 3.8) is 0 Å². The summed E-state index contributed by atoms with van der Waals surface area (Å²) in [6.07, 6.45) is 2.26. The standard InChI is InChI=1S/C17H19NO/c1-19-17-9-5-4-8-15(17)12-18-16-10-13-6-2-3-7-14(13)11-16/h2-9,16,18H,10-12H2,1H3. The van der Waals surface area contributed by atoms with Gasteiger partial charge in [0, 0.05) is 18.2 Å². The molecule has 0 saturated heterocycles. The molecule has 0 unspecified atom stereocenters. The molecule has 98 valence electrons. The molecule has 0 radical (unpaired) electrons. The van der Waals surface area contributed by atoms with Crippen LogP contribution in [0.25, 0.3) is 0 Å². The smallest absolute Gasteiger partial charge is 0.123 e. The summed E-state index contributed by atoms with van der Waals surface area (Å²) in [7, 11) is 1.73. The largest absolute Gasteiger partial charge is 0.496 e. The van der Waals surface area contributed by atoms with Gasteiger partial charge in [0.2, 0.25) is 0 Å². The molecule has 0 atom stereocenters. The predicted molar refractivity (Wildman–Crippen MR) is 77.5 cm³/mol. The van der Waals surface area contributed by atoms with Crippen LogP contribution in [-0.4, -0.2) is 13.2 Å². The Balaban J connectivity index is 1.63. The van der Waals surface area contributed by atoms with Crippen molar-refractivity contribution >= 4 is 0 Å². The zero-order valence-corrected chi connectivity index (χ0v) is 11.2. The van der Waals surface area contributed by atoms with Crippen LogP contribution in [0.2, 0.25) is 0 Å². The molecule has 3 rings (SSSR count). The Morgan fingerprint density at radius 3 is 2.32 bits per heavy atom. The molecule has 1 aliphatic rings. The van der Waals surface area contributed by atoms with Gasteiger partial charge < -0.3 is 10.1 Å². The quantitative estimate of drug-likeness (QED) is 0.904. The molecular weight excluding hydrogens is 234 g/mol. The molecule has 2 heteroatoms. The highest BCUT2D eigenvalue weighted by Gasteiger charge is 2.20. The molecule has 2 nitrogen and oxygen atoms in total. The van der Waals surface area contributed by atoms with E-state index in [4.69, 9.17) is 4.74 Å². The van der Waals surface area contributed by atoms with Gasteiger partial charge in [-0.2, -0.15) is 0 Å². The molecule has 2 aromatic rings. The number of benzene rings is 2. The van der Waals surface area contributed by atoms with Crippen LogP contribution in [0.3, 0.4) is 0 Å². The molecule has 0 saturated carbocycles. The van der Waals surface area contributed by atoms with Gasteiger partial charge in [-0.05, 0) is 30.0 Å². The zero-order chi connectivity index (χ0) is 13.1. The van der Waals surface area contributed by atoms with Crippen LogP contribution in [0.15, 0.2) is 48.5 Å². The van der Waals surface area contributed by atoms with Crippen LogP contribution < -0.4 is 10.1 Å². The molecule has 1 aliphatic carbocycles. The van der Waals surface area contributed by atoms with Crippen molar-refractivity contribution in [3.8, 4) is 5.75 Å². The van der Waals surface area contributed by atoms with Crippen LogP contribution in [0.1, 0.15) is 16.7 Å². The Hall–Kier alpha value is -1.80. The summed E-state index contributed by atoms with van der Waals surface area (Å²) >= 11 is 0. The number of hydrogen-bond donors (Lipinski definition) is 1. The lowest BCUT2D eigenvalue weighted by molar-refractivity contribution is 0.405. The second kappa shape index (κ2) is 5.45. The highest BCUT2D eigenvalue weighted by molar-refractivity contribution is 5.35. The number of ether oxygens (including phenoxy) is 1. The number of rotatable bonds is 4. The minimum Gasteiger partial charge on any atom is -0.496 e. The second-order valence-corrected chi connectivity index (χ2v) is 5.07. The SMILES string of the molecule is COc1ccccc1CNC1Cc2ccccc2C1. The number of para-hydroxylation sites is 1. The lowest BCUT2D eigenvalue weighted by atomic mass is 10.1. The second-order valence-electron chi connectivity index (χ2n) is 5.07. The molecule has 0 aliphatic heterocycles. The fraction of sp³-hybridized carbons (Fsp3) is 0.294. The number of nitrogens with one attached hydrogen (secondary N) is 1. The van der Waals surface area contributed by atoms with E-state index in [9.17, 15) is 0 Å². The Bertz CT molecular complexity index is 540. The first-order valence-corrected chi connectivity index (χ1v) is 6.79. The Morgan fingerprint density at radius 2 is 1.63 bits per heavy atom. The minimum atomic E-state index is 0.544. The summed E-state index contributed by atoms with van der Waals surface area (Å²) in [5, 5.41) is 3.64. The van der Waals surface area contributed by atoms with Crippen molar-refractivity contribution in [1.29, 1.82) is 0 Å². The topological polar surface area (TPSA) is 21.3 Å². The van der Waals surface area contributed by atoms with Gasteiger partial charge in [0.25, 0.3) is 0 Å². The van der Waals surface area contributed by atoms with E-state index in [1.165, 1.54) is 16.7 Å². The first kappa shape index (κ1) is 12.2. The predicted octanol–water partition coefficient (Wildman–Crippen LogP) is 2.95. The molecule has 0 bridgehead atoms. The summed E-state index contributed by atoms with van der Waals surface area (Å²) in [6.45, 7) is 0.864. The molecular formula is C17H19NO. The van der Waals surface area contributed by atoms with E-state index in [2.05, 4.69) is 41.7 Å². The zero-order valence-electron chi connectivity index (χ0n) is 11.2. The molecule has 0 aromatic heterocycles. The summed E-state index contributed by atoms with van der Waals surface area (Å²) in [6, 6.07) is 17.5. The third-order valence-electron chi connectivity index (χ3n) is 3.82. The van der Waals surface area contributed by atoms with E-state index in [1.54, 1.807) is 7.11 Å². The van der Waals surface area contributed by atoms with Crippen LogP contribution in [0.5, 0.6) is 5.75 Å². The van der Waals surface area contributed by atoms with Gasteiger partial charge in [-0.15, -0.1) is 0 Å². The summed E-state index contributed by atoms with van der Waals surface area (Å²) in [5.41, 5.74) is 4.20. The van der Waals surface area contributed by atoms with E-state index in [-0.39, 0.29) is 0 Å². The van der Waals surface area contributed by atoms with Crippen LogP contribution in [-0.2, 0) is 19.4 Å². The van der Waals surface area contributed by atoms with Crippen LogP contribution in [0.4, 0.5) is 0 Å². The van der Waals surface area contributed by atoms with E-state index in [0.29, 0.717) is 6.04 Å². The lowest BCUT2D eigenvalue weighted by Gasteiger charge is -2.14. The number of fused-ring (bicyclic) bond motifs is 1. The molecule has 2 aromatic carbocycles. The van der Waals surface area contributed by atoms with E-state index in [0.717, 1.165) is 25.1 Å². The van der Waals surface area contributed by atoms with Crippen molar-refractivity contribution in [1.82, 2.24) is 5.32 Å². The number of methoxy groups -OCH3 is 1. The third kappa shape index (κ3) is 2.64. The van der Waals surface area contributed by atoms with Gasteiger partial charge in [-0.3, -0.25) is 0 Å². The molecule has 0 heterocycles. The maximum atomic E-state index is 5.38. The van der Waals surface area contributed by atoms with Gasteiger partial charge in [-0.25, -0.2) is 0 Å². The maximum Gasteiger partial charge on any atom is 0.123 e. The van der Waals surface area contributed by atoms with Gasteiger partial charge in [-0.1, -0.05) is 42.5 Å². The van der Waals surface area contributed by atoms with E-state index < -0.39 is 0 Å². The van der Waals surface area contributed by atoms with Crippen molar-refractivity contribution in [2.24, 2.45) is 0 Å². The van der Waals surface area contributed by atoms with Crippen molar-refractivity contribution in [2.75, 3.05) is 7.11 Å². The number of hydrogen-bond acceptors (Lipinski definition) is 2. The molecule has 19 heavy (non-hydrogen) atoms. The highest BCUT2D eigenvalue weighted by Crippen LogP contribution is 2.23.